The molecule has 0 saturated heterocycles. The fourth-order valence-corrected chi connectivity index (χ4v) is 0.650. The van der Waals surface area contributed by atoms with Gasteiger partial charge in [0.2, 0.25) is 0 Å². The van der Waals surface area contributed by atoms with Crippen LogP contribution in [0.3, 0.4) is 0 Å². The van der Waals surface area contributed by atoms with Gasteiger partial charge in [0.05, 0.1) is 5.88 Å². The third-order valence-electron chi connectivity index (χ3n) is 0.466. The van der Waals surface area contributed by atoms with Crippen molar-refractivity contribution in [1.29, 1.82) is 0 Å². The van der Waals surface area contributed by atoms with Crippen LogP contribution >= 0.6 is 11.8 Å². The predicted octanol–water partition coefficient (Wildman–Crippen LogP) is 0.693. The molecule has 0 N–H and O–H groups in total. The van der Waals surface area contributed by atoms with Crippen molar-refractivity contribution < 1.29 is 4.74 Å². The molecule has 0 atom stereocenters. The van der Waals surface area contributed by atoms with Gasteiger partial charge in [0.1, 0.15) is 5.94 Å². The van der Waals surface area contributed by atoms with Crippen molar-refractivity contribution in [2.24, 2.45) is 4.99 Å². The summed E-state index contributed by atoms with van der Waals surface area (Å²) in [6.45, 7) is 0. The molecule has 0 fully saturated rings. The topological polar surface area (TPSA) is 21.6 Å². The molecule has 0 unspecified atom stereocenters. The van der Waals surface area contributed by atoms with E-state index in [1.54, 1.807) is 11.8 Å². The molecule has 0 aromatic rings. The molecule has 1 aliphatic heterocycles. The molecule has 0 aromatic carbocycles. The molecule has 34 valence electrons. The lowest BCUT2D eigenvalue weighted by molar-refractivity contribution is 0.394. The van der Waals surface area contributed by atoms with Crippen LogP contribution in [0.4, 0.5) is 0 Å². The summed E-state index contributed by atoms with van der Waals surface area (Å²) in [4.78, 5) is 3.79. The molecule has 1 rings (SSSR count). The van der Waals surface area contributed by atoms with Gasteiger partial charge in [-0.05, 0) is 0 Å². The number of thioether (sulfide) groups is 1. The SMILES string of the molecule is C1=NCSCO1. The van der Waals surface area contributed by atoms with Crippen LogP contribution < -0.4 is 0 Å². The molecule has 0 bridgehead atoms. The van der Waals surface area contributed by atoms with E-state index in [1.165, 1.54) is 6.40 Å². The van der Waals surface area contributed by atoms with E-state index >= 15 is 0 Å². The van der Waals surface area contributed by atoms with E-state index in [1.807, 2.05) is 0 Å². The maximum absolute atomic E-state index is 4.74. The van der Waals surface area contributed by atoms with Crippen LogP contribution in [0.1, 0.15) is 0 Å². The van der Waals surface area contributed by atoms with E-state index < -0.39 is 0 Å². The van der Waals surface area contributed by atoms with E-state index in [9.17, 15) is 0 Å². The van der Waals surface area contributed by atoms with Gasteiger partial charge in [0.25, 0.3) is 0 Å². The van der Waals surface area contributed by atoms with Gasteiger partial charge in [-0.25, -0.2) is 4.99 Å². The van der Waals surface area contributed by atoms with Gasteiger partial charge in [0.15, 0.2) is 6.40 Å². The van der Waals surface area contributed by atoms with E-state index in [0.29, 0.717) is 0 Å². The number of nitrogens with zero attached hydrogens (tertiary/aromatic N) is 1. The first-order valence-electron chi connectivity index (χ1n) is 1.68. The highest BCUT2D eigenvalue weighted by molar-refractivity contribution is 7.99. The maximum atomic E-state index is 4.74. The minimum absolute atomic E-state index is 0.767. The molecule has 1 heterocycles. The highest BCUT2D eigenvalue weighted by atomic mass is 32.2. The first kappa shape index (κ1) is 3.99. The highest BCUT2D eigenvalue weighted by Crippen LogP contribution is 2.02. The molecule has 3 heteroatoms. The molecule has 0 aromatic heterocycles. The molecular formula is C3H5NOS. The maximum Gasteiger partial charge on any atom is 0.171 e. The fraction of sp³-hybridized carbons (Fsp3) is 0.667. The number of hydrogen-bond acceptors (Lipinski definition) is 3. The average Bonchev–Trinajstić information content (AvgIpc) is 1.72. The quantitative estimate of drug-likeness (QED) is 0.450. The molecular weight excluding hydrogens is 98.1 g/mol. The van der Waals surface area contributed by atoms with Gasteiger partial charge in [-0.2, -0.15) is 0 Å². The minimum atomic E-state index is 0.767. The van der Waals surface area contributed by atoms with Gasteiger partial charge in [-0.15, -0.1) is 0 Å². The van der Waals surface area contributed by atoms with Crippen LogP contribution in [0.2, 0.25) is 0 Å². The summed E-state index contributed by atoms with van der Waals surface area (Å²) in [5.74, 6) is 1.63. The van der Waals surface area contributed by atoms with E-state index in [0.717, 1.165) is 11.8 Å². The van der Waals surface area contributed by atoms with Crippen LogP contribution in [-0.2, 0) is 4.74 Å². The largest absolute Gasteiger partial charge is 0.473 e. The smallest absolute Gasteiger partial charge is 0.171 e. The zero-order chi connectivity index (χ0) is 4.24. The van der Waals surface area contributed by atoms with Gasteiger partial charge in [-0.3, -0.25) is 0 Å². The molecule has 0 radical (unpaired) electrons. The number of rotatable bonds is 0. The second kappa shape index (κ2) is 2.08. The first-order chi connectivity index (χ1) is 3.00. The number of hydrogen-bond donors (Lipinski definition) is 0. The third kappa shape index (κ3) is 0.897. The predicted molar refractivity (Wildman–Crippen MR) is 26.9 cm³/mol. The minimum Gasteiger partial charge on any atom is -0.473 e. The standard InChI is InChI=1S/C3H5NOS/c1-4-2-6-3-5-1/h1H,2-3H2. The van der Waals surface area contributed by atoms with Crippen molar-refractivity contribution in [1.82, 2.24) is 0 Å². The number of aliphatic imine (C=N–C) groups is 1. The van der Waals surface area contributed by atoms with Crippen molar-refractivity contribution in [3.8, 4) is 0 Å². The van der Waals surface area contributed by atoms with Crippen molar-refractivity contribution in [2.75, 3.05) is 11.8 Å². The van der Waals surface area contributed by atoms with Crippen molar-refractivity contribution in [3.05, 3.63) is 0 Å². The van der Waals surface area contributed by atoms with Crippen LogP contribution in [0, 0.1) is 0 Å². The Morgan fingerprint density at radius 1 is 1.83 bits per heavy atom. The number of ether oxygens (including phenoxy) is 1. The fourth-order valence-electron chi connectivity index (χ4n) is 0.252. The zero-order valence-electron chi connectivity index (χ0n) is 3.26. The summed E-state index contributed by atoms with van der Waals surface area (Å²) < 4.78 is 4.74. The Morgan fingerprint density at radius 2 is 2.83 bits per heavy atom. The molecule has 0 spiro atoms. The van der Waals surface area contributed by atoms with Gasteiger partial charge >= 0.3 is 0 Å². The second-order valence-electron chi connectivity index (χ2n) is 0.906. The van der Waals surface area contributed by atoms with Gasteiger partial charge < -0.3 is 4.74 Å². The van der Waals surface area contributed by atoms with Gasteiger partial charge in [-0.1, -0.05) is 11.8 Å². The molecule has 0 amide bonds. The summed E-state index contributed by atoms with van der Waals surface area (Å²) in [6, 6.07) is 0. The van der Waals surface area contributed by atoms with E-state index in [2.05, 4.69) is 4.99 Å². The Bertz CT molecular complexity index is 55.8. The Morgan fingerprint density at radius 3 is 3.00 bits per heavy atom. The lowest BCUT2D eigenvalue weighted by atomic mass is 11.3. The third-order valence-corrected chi connectivity index (χ3v) is 1.10. The first-order valence-corrected chi connectivity index (χ1v) is 2.83. The van der Waals surface area contributed by atoms with Crippen LogP contribution in [0.25, 0.3) is 0 Å². The summed E-state index contributed by atoms with van der Waals surface area (Å²) >= 11 is 1.67. The molecule has 6 heavy (non-hydrogen) atoms. The molecule has 0 saturated carbocycles. The normalized spacial score (nSPS) is 20.0. The molecule has 1 aliphatic rings. The molecule has 2 nitrogen and oxygen atoms in total. The summed E-state index contributed by atoms with van der Waals surface area (Å²) in [5.41, 5.74) is 0. The monoisotopic (exact) mass is 103 g/mol. The van der Waals surface area contributed by atoms with Crippen LogP contribution in [0.15, 0.2) is 4.99 Å². The van der Waals surface area contributed by atoms with Crippen LogP contribution in [0.5, 0.6) is 0 Å². The van der Waals surface area contributed by atoms with Crippen molar-refractivity contribution in [3.63, 3.8) is 0 Å². The van der Waals surface area contributed by atoms with E-state index in [-0.39, 0.29) is 0 Å². The summed E-state index contributed by atoms with van der Waals surface area (Å²) in [6.07, 6.45) is 1.50. The Hall–Kier alpha value is -0.180. The van der Waals surface area contributed by atoms with E-state index in [4.69, 9.17) is 4.74 Å². The zero-order valence-corrected chi connectivity index (χ0v) is 4.07. The Balaban J connectivity index is 2.26. The average molecular weight is 103 g/mol. The Kier molecular flexibility index (Phi) is 1.38. The van der Waals surface area contributed by atoms with Crippen molar-refractivity contribution >= 4 is 18.2 Å². The Labute approximate surface area is 40.6 Å². The summed E-state index contributed by atoms with van der Waals surface area (Å²) in [7, 11) is 0. The highest BCUT2D eigenvalue weighted by Gasteiger charge is 1.87. The lowest BCUT2D eigenvalue weighted by Crippen LogP contribution is -1.93. The molecule has 0 aliphatic carbocycles. The lowest BCUT2D eigenvalue weighted by Gasteiger charge is -2.00. The van der Waals surface area contributed by atoms with Crippen molar-refractivity contribution in [2.45, 2.75) is 0 Å². The van der Waals surface area contributed by atoms with Crippen LogP contribution in [-0.4, -0.2) is 18.2 Å². The summed E-state index contributed by atoms with van der Waals surface area (Å²) in [5, 5.41) is 0. The second-order valence-corrected chi connectivity index (χ2v) is 1.81. The van der Waals surface area contributed by atoms with Gasteiger partial charge in [0, 0.05) is 0 Å².